The highest BCUT2D eigenvalue weighted by atomic mass is 16.5. The monoisotopic (exact) mass is 272 g/mol. The lowest BCUT2D eigenvalue weighted by Crippen LogP contribution is -1.98. The van der Waals surface area contributed by atoms with Gasteiger partial charge in [0.1, 0.15) is 0 Å². The van der Waals surface area contributed by atoms with Crippen molar-refractivity contribution in [3.8, 4) is 0 Å². The number of unbranched alkanes of at least 4 members (excludes halogenated alkanes) is 2. The van der Waals surface area contributed by atoms with E-state index < -0.39 is 0 Å². The molecule has 0 aliphatic heterocycles. The summed E-state index contributed by atoms with van der Waals surface area (Å²) in [6, 6.07) is 0. The van der Waals surface area contributed by atoms with Crippen LogP contribution in [-0.4, -0.2) is 12.6 Å². The van der Waals surface area contributed by atoms with Crippen molar-refractivity contribution in [2.24, 2.45) is 0 Å². The Labute approximate surface area is 122 Å². The lowest BCUT2D eigenvalue weighted by molar-refractivity contribution is -0.137. The summed E-state index contributed by atoms with van der Waals surface area (Å²) >= 11 is 0. The second-order valence-corrected chi connectivity index (χ2v) is 4.74. The number of hydrogen-bond acceptors (Lipinski definition) is 2. The van der Waals surface area contributed by atoms with E-state index in [1.165, 1.54) is 30.1 Å². The molecule has 0 saturated carbocycles. The Balaban J connectivity index is 2.10. The molecule has 0 saturated heterocycles. The van der Waals surface area contributed by atoms with Crippen LogP contribution in [0.25, 0.3) is 0 Å². The summed E-state index contributed by atoms with van der Waals surface area (Å²) < 4.78 is 4.79. The second kappa shape index (κ2) is 10.0. The Bertz CT molecular complexity index is 434. The zero-order valence-electron chi connectivity index (χ0n) is 12.5. The molecule has 0 bridgehead atoms. The van der Waals surface area contributed by atoms with Crippen molar-refractivity contribution in [3.05, 3.63) is 59.8 Å². The lowest BCUT2D eigenvalue weighted by Gasteiger charge is -2.02. The van der Waals surface area contributed by atoms with E-state index in [4.69, 9.17) is 4.74 Å². The topological polar surface area (TPSA) is 26.3 Å². The van der Waals surface area contributed by atoms with E-state index in [0.29, 0.717) is 6.61 Å². The molecule has 0 unspecified atom stereocenters. The molecule has 0 spiro atoms. The van der Waals surface area contributed by atoms with Crippen molar-refractivity contribution >= 4 is 5.97 Å². The molecule has 0 fully saturated rings. The summed E-state index contributed by atoms with van der Waals surface area (Å²) in [7, 11) is 0. The molecule has 0 atom stereocenters. The van der Waals surface area contributed by atoms with Crippen LogP contribution in [0.5, 0.6) is 0 Å². The van der Waals surface area contributed by atoms with Crippen LogP contribution >= 0.6 is 0 Å². The number of allylic oxidation sites excluding steroid dienone is 9. The highest BCUT2D eigenvalue weighted by Crippen LogP contribution is 2.18. The predicted octanol–water partition coefficient (Wildman–Crippen LogP) is 4.66. The average molecular weight is 272 g/mol. The van der Waals surface area contributed by atoms with Gasteiger partial charge < -0.3 is 4.74 Å². The van der Waals surface area contributed by atoms with Gasteiger partial charge in [-0.2, -0.15) is 0 Å². The lowest BCUT2D eigenvalue weighted by atomic mass is 10.0. The first-order chi connectivity index (χ1) is 9.74. The Morgan fingerprint density at radius 3 is 2.65 bits per heavy atom. The molecule has 0 aromatic rings. The molecular weight excluding hydrogens is 248 g/mol. The van der Waals surface area contributed by atoms with Crippen LogP contribution in [0, 0.1) is 0 Å². The number of esters is 1. The summed E-state index contributed by atoms with van der Waals surface area (Å²) in [6.07, 6.45) is 20.2. The molecule has 0 aromatic carbocycles. The third kappa shape index (κ3) is 6.93. The van der Waals surface area contributed by atoms with Gasteiger partial charge in [0, 0.05) is 6.08 Å². The van der Waals surface area contributed by atoms with Gasteiger partial charge in [0.25, 0.3) is 0 Å². The third-order valence-corrected chi connectivity index (χ3v) is 3.09. The SMILES string of the molecule is CCOC(=O)/C=C/C=C/CCCCC(C)=C1C=CC=C1. The molecule has 2 nitrogen and oxygen atoms in total. The molecule has 0 N–H and O–H groups in total. The molecule has 0 amide bonds. The first-order valence-electron chi connectivity index (χ1n) is 7.28. The van der Waals surface area contributed by atoms with E-state index in [9.17, 15) is 4.79 Å². The van der Waals surface area contributed by atoms with E-state index in [1.807, 2.05) is 6.08 Å². The maximum Gasteiger partial charge on any atom is 0.330 e. The van der Waals surface area contributed by atoms with Gasteiger partial charge in [-0.25, -0.2) is 4.79 Å². The van der Waals surface area contributed by atoms with Gasteiger partial charge in [0.05, 0.1) is 6.61 Å². The molecular formula is C18H24O2. The average Bonchev–Trinajstić information content (AvgIpc) is 2.96. The minimum atomic E-state index is -0.280. The molecule has 1 aliphatic rings. The number of rotatable bonds is 8. The predicted molar refractivity (Wildman–Crippen MR) is 84.4 cm³/mol. The third-order valence-electron chi connectivity index (χ3n) is 3.09. The highest BCUT2D eigenvalue weighted by molar-refractivity contribution is 5.82. The van der Waals surface area contributed by atoms with Gasteiger partial charge in [0.2, 0.25) is 0 Å². The van der Waals surface area contributed by atoms with Gasteiger partial charge in [-0.15, -0.1) is 0 Å². The molecule has 20 heavy (non-hydrogen) atoms. The van der Waals surface area contributed by atoms with Gasteiger partial charge in [-0.3, -0.25) is 0 Å². The van der Waals surface area contributed by atoms with Crippen LogP contribution in [-0.2, 0) is 9.53 Å². The van der Waals surface area contributed by atoms with Crippen LogP contribution in [0.2, 0.25) is 0 Å². The number of hydrogen-bond donors (Lipinski definition) is 0. The van der Waals surface area contributed by atoms with E-state index in [-0.39, 0.29) is 5.97 Å². The summed E-state index contributed by atoms with van der Waals surface area (Å²) in [6.45, 7) is 4.43. The minimum absolute atomic E-state index is 0.280. The molecule has 1 aliphatic carbocycles. The maximum atomic E-state index is 11.0. The standard InChI is InChI=1S/C18H24O2/c1-3-20-18(19)15-9-7-5-4-6-8-12-16(2)17-13-10-11-14-17/h5,7,9-11,13-15H,3-4,6,8,12H2,1-2H3/b7-5+,15-9+. The highest BCUT2D eigenvalue weighted by Gasteiger charge is 1.98. The fourth-order valence-electron chi connectivity index (χ4n) is 1.95. The molecule has 0 aromatic heterocycles. The molecule has 0 heterocycles. The van der Waals surface area contributed by atoms with Crippen molar-refractivity contribution in [3.63, 3.8) is 0 Å². The number of ether oxygens (including phenoxy) is 1. The van der Waals surface area contributed by atoms with Crippen LogP contribution in [0.4, 0.5) is 0 Å². The zero-order chi connectivity index (χ0) is 14.6. The zero-order valence-corrected chi connectivity index (χ0v) is 12.5. The van der Waals surface area contributed by atoms with Crippen LogP contribution < -0.4 is 0 Å². The quantitative estimate of drug-likeness (QED) is 0.278. The normalized spacial score (nSPS) is 13.8. The Kier molecular flexibility index (Phi) is 8.13. The summed E-state index contributed by atoms with van der Waals surface area (Å²) in [5.41, 5.74) is 2.82. The van der Waals surface area contributed by atoms with Crippen LogP contribution in [0.1, 0.15) is 39.5 Å². The summed E-state index contributed by atoms with van der Waals surface area (Å²) in [4.78, 5) is 11.0. The fourth-order valence-corrected chi connectivity index (χ4v) is 1.95. The van der Waals surface area contributed by atoms with E-state index in [2.05, 4.69) is 37.3 Å². The number of carbonyl (C=O) groups excluding carboxylic acids is 1. The fraction of sp³-hybridized carbons (Fsp3) is 0.389. The van der Waals surface area contributed by atoms with Gasteiger partial charge in [0.15, 0.2) is 0 Å². The molecule has 1 rings (SSSR count). The van der Waals surface area contributed by atoms with Gasteiger partial charge >= 0.3 is 5.97 Å². The van der Waals surface area contributed by atoms with E-state index in [0.717, 1.165) is 12.8 Å². The van der Waals surface area contributed by atoms with Crippen LogP contribution in [0.15, 0.2) is 59.8 Å². The summed E-state index contributed by atoms with van der Waals surface area (Å²) in [5, 5.41) is 0. The largest absolute Gasteiger partial charge is 0.463 e. The van der Waals surface area contributed by atoms with Gasteiger partial charge in [-0.1, -0.05) is 48.1 Å². The van der Waals surface area contributed by atoms with Crippen molar-refractivity contribution in [2.45, 2.75) is 39.5 Å². The van der Waals surface area contributed by atoms with Crippen LogP contribution in [0.3, 0.4) is 0 Å². The Hall–Kier alpha value is -1.83. The summed E-state index contributed by atoms with van der Waals surface area (Å²) in [5.74, 6) is -0.280. The molecule has 108 valence electrons. The first-order valence-corrected chi connectivity index (χ1v) is 7.28. The minimum Gasteiger partial charge on any atom is -0.463 e. The maximum absolute atomic E-state index is 11.0. The van der Waals surface area contributed by atoms with Crippen molar-refractivity contribution in [2.75, 3.05) is 6.61 Å². The van der Waals surface area contributed by atoms with E-state index >= 15 is 0 Å². The first kappa shape index (κ1) is 16.2. The van der Waals surface area contributed by atoms with Crippen molar-refractivity contribution < 1.29 is 9.53 Å². The van der Waals surface area contributed by atoms with Crippen molar-refractivity contribution in [1.29, 1.82) is 0 Å². The van der Waals surface area contributed by atoms with Gasteiger partial charge in [-0.05, 0) is 45.1 Å². The number of carbonyl (C=O) groups is 1. The Morgan fingerprint density at radius 2 is 1.95 bits per heavy atom. The Morgan fingerprint density at radius 1 is 1.20 bits per heavy atom. The second-order valence-electron chi connectivity index (χ2n) is 4.74. The van der Waals surface area contributed by atoms with Crippen molar-refractivity contribution in [1.82, 2.24) is 0 Å². The smallest absolute Gasteiger partial charge is 0.330 e. The molecule has 0 radical (unpaired) electrons. The molecule has 2 heteroatoms. The van der Waals surface area contributed by atoms with E-state index in [1.54, 1.807) is 13.0 Å².